The number of aromatic nitrogens is 1. The molecule has 130 valence electrons. The molecule has 0 radical (unpaired) electrons. The molecular formula is C16H11Cl3N2O3S. The van der Waals surface area contributed by atoms with Crippen LogP contribution in [0.2, 0.25) is 15.1 Å². The van der Waals surface area contributed by atoms with E-state index in [0.29, 0.717) is 31.9 Å². The highest BCUT2D eigenvalue weighted by atomic mass is 35.5. The minimum Gasteiger partial charge on any atom is -0.486 e. The zero-order valence-corrected chi connectivity index (χ0v) is 15.8. The van der Waals surface area contributed by atoms with Crippen molar-refractivity contribution in [2.45, 2.75) is 13.0 Å². The second-order valence-electron chi connectivity index (χ2n) is 5.05. The number of hydrogen-bond acceptors (Lipinski definition) is 5. The van der Waals surface area contributed by atoms with E-state index in [0.717, 1.165) is 4.70 Å². The van der Waals surface area contributed by atoms with Crippen molar-refractivity contribution in [2.24, 2.45) is 5.73 Å². The first-order valence-electron chi connectivity index (χ1n) is 7.03. The maximum absolute atomic E-state index is 10.8. The summed E-state index contributed by atoms with van der Waals surface area (Å²) in [6.45, 7) is 1.82. The van der Waals surface area contributed by atoms with Gasteiger partial charge in [-0.3, -0.25) is 0 Å². The molecule has 5 nitrogen and oxygen atoms in total. The number of benzene rings is 2. The molecule has 0 fully saturated rings. The topological polar surface area (TPSA) is 74.4 Å². The fourth-order valence-electron chi connectivity index (χ4n) is 2.27. The number of halogens is 3. The van der Waals surface area contributed by atoms with Crippen LogP contribution in [0.4, 0.5) is 4.79 Å². The maximum atomic E-state index is 10.8. The quantitative estimate of drug-likeness (QED) is 0.540. The van der Waals surface area contributed by atoms with Crippen LogP contribution in [0.1, 0.15) is 18.6 Å². The Labute approximate surface area is 162 Å². The molecule has 0 aliphatic rings. The normalized spacial score (nSPS) is 12.2. The molecule has 1 aromatic heterocycles. The van der Waals surface area contributed by atoms with Crippen LogP contribution in [-0.2, 0) is 0 Å². The standard InChI is InChI=1S/C16H11Cl3N2O3S/c1-7(13-9(17)3-4-10(18)14(13)19)23-8-2-5-11-12(6-8)25-16(21-11)24-15(20)22/h2-7H,1H3,(H2,20,22). The van der Waals surface area contributed by atoms with E-state index < -0.39 is 12.2 Å². The minimum absolute atomic E-state index is 0.175. The maximum Gasteiger partial charge on any atom is 0.411 e. The summed E-state index contributed by atoms with van der Waals surface area (Å²) in [6.07, 6.45) is -1.33. The third-order valence-corrected chi connectivity index (χ3v) is 5.37. The number of primary amides is 1. The summed E-state index contributed by atoms with van der Waals surface area (Å²) in [6, 6.07) is 8.59. The Morgan fingerprint density at radius 3 is 2.64 bits per heavy atom. The molecule has 1 unspecified atom stereocenters. The zero-order valence-electron chi connectivity index (χ0n) is 12.8. The lowest BCUT2D eigenvalue weighted by atomic mass is 10.1. The van der Waals surface area contributed by atoms with Crippen LogP contribution in [0.15, 0.2) is 30.3 Å². The third kappa shape index (κ3) is 3.93. The van der Waals surface area contributed by atoms with Gasteiger partial charge in [-0.2, -0.15) is 0 Å². The van der Waals surface area contributed by atoms with Gasteiger partial charge in [0.1, 0.15) is 11.9 Å². The molecule has 0 saturated heterocycles. The monoisotopic (exact) mass is 416 g/mol. The molecule has 0 aliphatic heterocycles. The lowest BCUT2D eigenvalue weighted by molar-refractivity contribution is 0.211. The Morgan fingerprint density at radius 2 is 1.92 bits per heavy atom. The van der Waals surface area contributed by atoms with Crippen LogP contribution in [-0.4, -0.2) is 11.1 Å². The van der Waals surface area contributed by atoms with Gasteiger partial charge in [0.25, 0.3) is 5.19 Å². The third-order valence-electron chi connectivity index (χ3n) is 3.33. The second kappa shape index (κ2) is 7.25. The minimum atomic E-state index is -0.908. The molecule has 0 saturated carbocycles. The average Bonchev–Trinajstić information content (AvgIpc) is 2.92. The van der Waals surface area contributed by atoms with E-state index in [1.54, 1.807) is 30.3 Å². The van der Waals surface area contributed by atoms with Crippen LogP contribution >= 0.6 is 46.1 Å². The number of nitrogens with zero attached hydrogens (tertiary/aromatic N) is 1. The summed E-state index contributed by atoms with van der Waals surface area (Å²) in [7, 11) is 0. The van der Waals surface area contributed by atoms with Gasteiger partial charge in [0, 0.05) is 10.6 Å². The number of hydrogen-bond donors (Lipinski definition) is 1. The molecule has 0 aliphatic carbocycles. The Balaban J connectivity index is 1.87. The first kappa shape index (κ1) is 18.1. The van der Waals surface area contributed by atoms with Crippen LogP contribution in [0.25, 0.3) is 10.2 Å². The fourth-order valence-corrected chi connectivity index (χ4v) is 3.96. The van der Waals surface area contributed by atoms with E-state index in [1.165, 1.54) is 11.3 Å². The number of ether oxygens (including phenoxy) is 2. The van der Waals surface area contributed by atoms with E-state index in [9.17, 15) is 4.79 Å². The predicted octanol–water partition coefficient (Wildman–Crippen LogP) is 5.85. The number of rotatable bonds is 4. The summed E-state index contributed by atoms with van der Waals surface area (Å²) in [5.41, 5.74) is 6.27. The van der Waals surface area contributed by atoms with Crippen molar-refractivity contribution in [1.29, 1.82) is 0 Å². The van der Waals surface area contributed by atoms with Crippen LogP contribution in [0.5, 0.6) is 10.9 Å². The van der Waals surface area contributed by atoms with Crippen molar-refractivity contribution in [3.63, 3.8) is 0 Å². The van der Waals surface area contributed by atoms with Crippen molar-refractivity contribution >= 4 is 62.4 Å². The summed E-state index contributed by atoms with van der Waals surface area (Å²) in [5, 5.41) is 1.41. The van der Waals surface area contributed by atoms with Gasteiger partial charge >= 0.3 is 6.09 Å². The summed E-state index contributed by atoms with van der Waals surface area (Å²) >= 11 is 19.7. The highest BCUT2D eigenvalue weighted by molar-refractivity contribution is 7.20. The number of amides is 1. The van der Waals surface area contributed by atoms with Crippen molar-refractivity contribution in [1.82, 2.24) is 4.98 Å². The Kier molecular flexibility index (Phi) is 5.24. The van der Waals surface area contributed by atoms with Gasteiger partial charge in [-0.1, -0.05) is 46.1 Å². The largest absolute Gasteiger partial charge is 0.486 e. The van der Waals surface area contributed by atoms with Crippen molar-refractivity contribution in [3.05, 3.63) is 51.0 Å². The molecule has 1 atom stereocenters. The molecule has 0 spiro atoms. The number of carbonyl (C=O) groups excluding carboxylic acids is 1. The predicted molar refractivity (Wildman–Crippen MR) is 100 cm³/mol. The molecule has 0 bridgehead atoms. The molecule has 3 aromatic rings. The van der Waals surface area contributed by atoms with Gasteiger partial charge in [-0.25, -0.2) is 9.78 Å². The molecule has 1 heterocycles. The first-order valence-corrected chi connectivity index (χ1v) is 8.98. The number of thiazole rings is 1. The van der Waals surface area contributed by atoms with Crippen LogP contribution in [0.3, 0.4) is 0 Å². The summed E-state index contributed by atoms with van der Waals surface area (Å²) < 4.78 is 11.5. The van der Waals surface area contributed by atoms with Crippen molar-refractivity contribution in [2.75, 3.05) is 0 Å². The molecule has 25 heavy (non-hydrogen) atoms. The van der Waals surface area contributed by atoms with Gasteiger partial charge in [-0.05, 0) is 37.3 Å². The average molecular weight is 418 g/mol. The lowest BCUT2D eigenvalue weighted by Crippen LogP contribution is -2.15. The van der Waals surface area contributed by atoms with Crippen molar-refractivity contribution < 1.29 is 14.3 Å². The van der Waals surface area contributed by atoms with Gasteiger partial charge in [0.2, 0.25) is 0 Å². The first-order chi connectivity index (χ1) is 11.8. The lowest BCUT2D eigenvalue weighted by Gasteiger charge is -2.18. The van der Waals surface area contributed by atoms with Crippen LogP contribution < -0.4 is 15.2 Å². The fraction of sp³-hybridized carbons (Fsp3) is 0.125. The van der Waals surface area contributed by atoms with Crippen molar-refractivity contribution in [3.8, 4) is 10.9 Å². The number of nitrogens with two attached hydrogens (primary N) is 1. The highest BCUT2D eigenvalue weighted by Gasteiger charge is 2.18. The van der Waals surface area contributed by atoms with E-state index in [1.807, 2.05) is 6.92 Å². The van der Waals surface area contributed by atoms with E-state index in [4.69, 9.17) is 50.0 Å². The van der Waals surface area contributed by atoms with Gasteiger partial charge < -0.3 is 15.2 Å². The smallest absolute Gasteiger partial charge is 0.411 e. The number of fused-ring (bicyclic) bond motifs is 1. The molecule has 2 aromatic carbocycles. The van der Waals surface area contributed by atoms with Gasteiger partial charge in [-0.15, -0.1) is 0 Å². The van der Waals surface area contributed by atoms with Gasteiger partial charge in [0.15, 0.2) is 0 Å². The zero-order chi connectivity index (χ0) is 18.1. The summed E-state index contributed by atoms with van der Waals surface area (Å²) in [5.74, 6) is 0.585. The SMILES string of the molecule is CC(Oc1ccc2nc(OC(N)=O)sc2c1)c1c(Cl)ccc(Cl)c1Cl. The van der Waals surface area contributed by atoms with E-state index in [2.05, 4.69) is 4.98 Å². The molecular weight excluding hydrogens is 407 g/mol. The Hall–Kier alpha value is -1.73. The Bertz CT molecular complexity index is 961. The van der Waals surface area contributed by atoms with Gasteiger partial charge in [0.05, 0.1) is 20.3 Å². The summed E-state index contributed by atoms with van der Waals surface area (Å²) in [4.78, 5) is 15.0. The van der Waals surface area contributed by atoms with E-state index in [-0.39, 0.29) is 5.19 Å². The highest BCUT2D eigenvalue weighted by Crippen LogP contribution is 2.38. The second-order valence-corrected chi connectivity index (χ2v) is 7.23. The molecule has 9 heteroatoms. The van der Waals surface area contributed by atoms with E-state index >= 15 is 0 Å². The number of carbonyl (C=O) groups is 1. The molecule has 1 amide bonds. The molecule has 2 N–H and O–H groups in total. The molecule has 3 rings (SSSR count). The Morgan fingerprint density at radius 1 is 1.20 bits per heavy atom. The van der Waals surface area contributed by atoms with Crippen LogP contribution in [0, 0.1) is 0 Å².